The van der Waals surface area contributed by atoms with Crippen LogP contribution in [0, 0.1) is 0 Å². The van der Waals surface area contributed by atoms with Crippen LogP contribution in [0.1, 0.15) is 36.5 Å². The van der Waals surface area contributed by atoms with Crippen LogP contribution in [0.4, 0.5) is 0 Å². The Kier molecular flexibility index (Phi) is 6.31. The molecule has 0 saturated carbocycles. The molecule has 1 fully saturated rings. The number of unbranched alkanes of at least 4 members (excludes halogenated alkanes) is 1. The number of amides is 2. The summed E-state index contributed by atoms with van der Waals surface area (Å²) in [7, 11) is 0. The number of carbonyl (C=O) groups is 2. The van der Waals surface area contributed by atoms with E-state index in [0.29, 0.717) is 32.6 Å². The highest BCUT2D eigenvalue weighted by Crippen LogP contribution is 2.16. The summed E-state index contributed by atoms with van der Waals surface area (Å²) in [5, 5.41) is 0. The summed E-state index contributed by atoms with van der Waals surface area (Å²) in [5.41, 5.74) is 0.726. The van der Waals surface area contributed by atoms with Crippen LogP contribution < -0.4 is 0 Å². The summed E-state index contributed by atoms with van der Waals surface area (Å²) in [4.78, 5) is 29.3. The average Bonchev–Trinajstić information content (AvgIpc) is 2.59. The third-order valence-corrected chi connectivity index (χ3v) is 4.74. The smallest absolute Gasteiger partial charge is 0.253 e. The van der Waals surface area contributed by atoms with Gasteiger partial charge in [0.2, 0.25) is 5.91 Å². The van der Waals surface area contributed by atoms with Gasteiger partial charge in [-0.15, -0.1) is 11.8 Å². The van der Waals surface area contributed by atoms with E-state index in [2.05, 4.69) is 6.92 Å². The molecular weight excluding hydrogens is 296 g/mol. The Hall–Kier alpha value is -1.49. The number of nitrogens with zero attached hydrogens (tertiary/aromatic N) is 2. The molecule has 0 radical (unpaired) electrons. The van der Waals surface area contributed by atoms with Gasteiger partial charge >= 0.3 is 0 Å². The molecule has 0 spiro atoms. The molecule has 2 rings (SSSR count). The van der Waals surface area contributed by atoms with Crippen molar-refractivity contribution in [3.8, 4) is 0 Å². The number of thioether (sulfide) groups is 1. The van der Waals surface area contributed by atoms with Crippen molar-refractivity contribution in [3.05, 3.63) is 29.8 Å². The highest BCUT2D eigenvalue weighted by molar-refractivity contribution is 7.98. The molecule has 0 unspecified atom stereocenters. The van der Waals surface area contributed by atoms with Gasteiger partial charge < -0.3 is 9.80 Å². The normalized spacial score (nSPS) is 15.0. The van der Waals surface area contributed by atoms with Gasteiger partial charge in [0.05, 0.1) is 0 Å². The van der Waals surface area contributed by atoms with Crippen molar-refractivity contribution in [2.45, 2.75) is 31.1 Å². The molecule has 1 aliphatic rings. The van der Waals surface area contributed by atoms with Crippen molar-refractivity contribution in [2.24, 2.45) is 0 Å². The van der Waals surface area contributed by atoms with Gasteiger partial charge in [-0.2, -0.15) is 0 Å². The Morgan fingerprint density at radius 2 is 1.64 bits per heavy atom. The molecule has 1 aromatic carbocycles. The van der Waals surface area contributed by atoms with Crippen LogP contribution >= 0.6 is 11.8 Å². The van der Waals surface area contributed by atoms with E-state index < -0.39 is 0 Å². The standard InChI is InChI=1S/C17H24N2O2S/c1-3-4-5-16(20)18-10-12-19(13-11-18)17(21)14-6-8-15(22-2)9-7-14/h6-9H,3-5,10-13H2,1-2H3. The van der Waals surface area contributed by atoms with Crippen LogP contribution in [-0.4, -0.2) is 54.0 Å². The fourth-order valence-corrected chi connectivity index (χ4v) is 2.97. The number of benzene rings is 1. The SMILES string of the molecule is CCCCC(=O)N1CCN(C(=O)c2ccc(SC)cc2)CC1. The first-order valence-electron chi connectivity index (χ1n) is 7.86. The third kappa shape index (κ3) is 4.26. The minimum Gasteiger partial charge on any atom is -0.339 e. The fraction of sp³-hybridized carbons (Fsp3) is 0.529. The topological polar surface area (TPSA) is 40.6 Å². The fourth-order valence-electron chi connectivity index (χ4n) is 2.56. The number of piperazine rings is 1. The molecular formula is C17H24N2O2S. The van der Waals surface area contributed by atoms with Gasteiger partial charge in [0.1, 0.15) is 0 Å². The van der Waals surface area contributed by atoms with Crippen molar-refractivity contribution in [2.75, 3.05) is 32.4 Å². The van der Waals surface area contributed by atoms with E-state index in [1.807, 2.05) is 40.3 Å². The highest BCUT2D eigenvalue weighted by Gasteiger charge is 2.24. The lowest BCUT2D eigenvalue weighted by Crippen LogP contribution is -2.50. The summed E-state index contributed by atoms with van der Waals surface area (Å²) in [6.07, 6.45) is 4.63. The average molecular weight is 320 g/mol. The molecule has 1 aromatic rings. The molecule has 4 nitrogen and oxygen atoms in total. The summed E-state index contributed by atoms with van der Waals surface area (Å²) in [6.45, 7) is 4.64. The molecule has 0 aromatic heterocycles. The minimum absolute atomic E-state index is 0.0633. The number of rotatable bonds is 5. The van der Waals surface area contributed by atoms with E-state index in [4.69, 9.17) is 0 Å². The van der Waals surface area contributed by atoms with Gasteiger partial charge in [-0.05, 0) is 36.9 Å². The van der Waals surface area contributed by atoms with Gasteiger partial charge in [0.15, 0.2) is 0 Å². The summed E-state index contributed by atoms with van der Waals surface area (Å²) in [5.74, 6) is 0.284. The first-order valence-corrected chi connectivity index (χ1v) is 9.09. The van der Waals surface area contributed by atoms with Gasteiger partial charge in [0.25, 0.3) is 5.91 Å². The van der Waals surface area contributed by atoms with E-state index in [-0.39, 0.29) is 11.8 Å². The first-order chi connectivity index (χ1) is 10.7. The van der Waals surface area contributed by atoms with Crippen LogP contribution in [-0.2, 0) is 4.79 Å². The Balaban J connectivity index is 1.87. The largest absolute Gasteiger partial charge is 0.339 e. The third-order valence-electron chi connectivity index (χ3n) is 4.00. The van der Waals surface area contributed by atoms with Gasteiger partial charge in [-0.25, -0.2) is 0 Å². The van der Waals surface area contributed by atoms with E-state index >= 15 is 0 Å². The molecule has 1 saturated heterocycles. The molecule has 1 heterocycles. The van der Waals surface area contributed by atoms with E-state index in [1.54, 1.807) is 11.8 Å². The molecule has 22 heavy (non-hydrogen) atoms. The maximum atomic E-state index is 12.5. The Morgan fingerprint density at radius 3 is 2.18 bits per heavy atom. The molecule has 0 aliphatic carbocycles. The molecule has 0 bridgehead atoms. The second-order valence-electron chi connectivity index (χ2n) is 5.51. The number of carbonyl (C=O) groups excluding carboxylic acids is 2. The van der Waals surface area contributed by atoms with Crippen molar-refractivity contribution in [1.29, 1.82) is 0 Å². The molecule has 2 amide bonds. The predicted molar refractivity (Wildman–Crippen MR) is 90.2 cm³/mol. The first kappa shape index (κ1) is 16.9. The van der Waals surface area contributed by atoms with Crippen LogP contribution in [0.25, 0.3) is 0 Å². The zero-order chi connectivity index (χ0) is 15.9. The van der Waals surface area contributed by atoms with E-state index in [9.17, 15) is 9.59 Å². The molecule has 0 N–H and O–H groups in total. The lowest BCUT2D eigenvalue weighted by molar-refractivity contribution is -0.132. The summed E-state index contributed by atoms with van der Waals surface area (Å²) in [6, 6.07) is 7.71. The molecule has 0 atom stereocenters. The van der Waals surface area contributed by atoms with Crippen LogP contribution in [0.3, 0.4) is 0 Å². The second kappa shape index (κ2) is 8.22. The predicted octanol–water partition coefficient (Wildman–Crippen LogP) is 2.88. The zero-order valence-electron chi connectivity index (χ0n) is 13.4. The Labute approximate surface area is 136 Å². The van der Waals surface area contributed by atoms with Gasteiger partial charge in [-0.3, -0.25) is 9.59 Å². The molecule has 120 valence electrons. The maximum Gasteiger partial charge on any atom is 0.253 e. The maximum absolute atomic E-state index is 12.5. The lowest BCUT2D eigenvalue weighted by Gasteiger charge is -2.35. The van der Waals surface area contributed by atoms with Crippen molar-refractivity contribution < 1.29 is 9.59 Å². The van der Waals surface area contributed by atoms with Crippen molar-refractivity contribution >= 4 is 23.6 Å². The molecule has 1 aliphatic heterocycles. The van der Waals surface area contributed by atoms with Gasteiger partial charge in [0, 0.05) is 43.1 Å². The monoisotopic (exact) mass is 320 g/mol. The van der Waals surface area contributed by atoms with E-state index in [0.717, 1.165) is 23.3 Å². The number of hydrogen-bond acceptors (Lipinski definition) is 3. The van der Waals surface area contributed by atoms with Gasteiger partial charge in [-0.1, -0.05) is 13.3 Å². The van der Waals surface area contributed by atoms with Crippen LogP contribution in [0.15, 0.2) is 29.2 Å². The zero-order valence-corrected chi connectivity index (χ0v) is 14.2. The highest BCUT2D eigenvalue weighted by atomic mass is 32.2. The van der Waals surface area contributed by atoms with Crippen molar-refractivity contribution in [3.63, 3.8) is 0 Å². The Bertz CT molecular complexity index is 508. The molecule has 5 heteroatoms. The minimum atomic E-state index is 0.0633. The van der Waals surface area contributed by atoms with Crippen LogP contribution in [0.5, 0.6) is 0 Å². The van der Waals surface area contributed by atoms with E-state index in [1.165, 1.54) is 0 Å². The van der Waals surface area contributed by atoms with Crippen LogP contribution in [0.2, 0.25) is 0 Å². The Morgan fingerprint density at radius 1 is 1.05 bits per heavy atom. The second-order valence-corrected chi connectivity index (χ2v) is 6.38. The summed E-state index contributed by atoms with van der Waals surface area (Å²) >= 11 is 1.67. The lowest BCUT2D eigenvalue weighted by atomic mass is 10.1. The summed E-state index contributed by atoms with van der Waals surface area (Å²) < 4.78 is 0. The van der Waals surface area contributed by atoms with Crippen molar-refractivity contribution in [1.82, 2.24) is 9.80 Å². The number of hydrogen-bond donors (Lipinski definition) is 0. The quantitative estimate of drug-likeness (QED) is 0.783.